The Morgan fingerprint density at radius 2 is 2.24 bits per heavy atom. The molecule has 1 amide bonds. The third-order valence-electron chi connectivity index (χ3n) is 3.43. The Kier molecular flexibility index (Phi) is 3.46. The SMILES string of the molecule is CCC1CCCN(c2cc(C)ccc2F)C1=O. The Balaban J connectivity index is 2.32. The van der Waals surface area contributed by atoms with Gasteiger partial charge in [-0.15, -0.1) is 0 Å². The first kappa shape index (κ1) is 12.1. The van der Waals surface area contributed by atoms with Crippen LogP contribution in [0.3, 0.4) is 0 Å². The van der Waals surface area contributed by atoms with Crippen LogP contribution >= 0.6 is 0 Å². The van der Waals surface area contributed by atoms with Crippen molar-refractivity contribution < 1.29 is 9.18 Å². The number of aryl methyl sites for hydroxylation is 1. The second kappa shape index (κ2) is 4.86. The number of nitrogens with zero attached hydrogens (tertiary/aromatic N) is 1. The van der Waals surface area contributed by atoms with Crippen LogP contribution in [-0.2, 0) is 4.79 Å². The Labute approximate surface area is 101 Å². The highest BCUT2D eigenvalue weighted by atomic mass is 19.1. The van der Waals surface area contributed by atoms with E-state index in [1.807, 2.05) is 13.8 Å². The molecule has 1 aliphatic heterocycles. The molecule has 0 radical (unpaired) electrons. The third kappa shape index (κ3) is 2.33. The molecule has 2 nitrogen and oxygen atoms in total. The maximum atomic E-state index is 13.8. The molecule has 1 aromatic rings. The molecule has 2 rings (SSSR count). The molecule has 1 fully saturated rings. The first-order valence-electron chi connectivity index (χ1n) is 6.21. The maximum Gasteiger partial charge on any atom is 0.230 e. The number of hydrogen-bond donors (Lipinski definition) is 0. The molecule has 0 N–H and O–H groups in total. The van der Waals surface area contributed by atoms with E-state index in [4.69, 9.17) is 0 Å². The minimum atomic E-state index is -0.305. The van der Waals surface area contributed by atoms with Gasteiger partial charge >= 0.3 is 0 Å². The zero-order valence-corrected chi connectivity index (χ0v) is 10.4. The number of hydrogen-bond acceptors (Lipinski definition) is 1. The van der Waals surface area contributed by atoms with Gasteiger partial charge in [-0.2, -0.15) is 0 Å². The lowest BCUT2D eigenvalue weighted by atomic mass is 9.94. The van der Waals surface area contributed by atoms with Gasteiger partial charge in [0.15, 0.2) is 0 Å². The van der Waals surface area contributed by atoms with E-state index in [9.17, 15) is 9.18 Å². The average molecular weight is 235 g/mol. The highest BCUT2D eigenvalue weighted by molar-refractivity contribution is 5.95. The molecule has 92 valence electrons. The predicted molar refractivity (Wildman–Crippen MR) is 66.5 cm³/mol. The largest absolute Gasteiger partial charge is 0.309 e. The summed E-state index contributed by atoms with van der Waals surface area (Å²) in [6.07, 6.45) is 2.72. The number of halogens is 1. The van der Waals surface area contributed by atoms with Crippen LogP contribution in [0.4, 0.5) is 10.1 Å². The summed E-state index contributed by atoms with van der Waals surface area (Å²) < 4.78 is 13.8. The standard InChI is InChI=1S/C14H18FNO/c1-3-11-5-4-8-16(14(11)17)13-9-10(2)6-7-12(13)15/h6-7,9,11H,3-5,8H2,1-2H3. The summed E-state index contributed by atoms with van der Waals surface area (Å²) >= 11 is 0. The van der Waals surface area contributed by atoms with E-state index in [1.165, 1.54) is 6.07 Å². The van der Waals surface area contributed by atoms with E-state index in [1.54, 1.807) is 17.0 Å². The Morgan fingerprint density at radius 1 is 1.47 bits per heavy atom. The van der Waals surface area contributed by atoms with Crippen molar-refractivity contribution in [2.75, 3.05) is 11.4 Å². The molecule has 0 saturated carbocycles. The summed E-state index contributed by atoms with van der Waals surface area (Å²) in [5, 5.41) is 0. The smallest absolute Gasteiger partial charge is 0.230 e. The topological polar surface area (TPSA) is 20.3 Å². The Morgan fingerprint density at radius 3 is 2.94 bits per heavy atom. The van der Waals surface area contributed by atoms with Crippen LogP contribution < -0.4 is 4.90 Å². The second-order valence-electron chi connectivity index (χ2n) is 4.69. The Hall–Kier alpha value is -1.38. The van der Waals surface area contributed by atoms with Gasteiger partial charge in [0.2, 0.25) is 5.91 Å². The third-order valence-corrected chi connectivity index (χ3v) is 3.43. The normalized spacial score (nSPS) is 20.8. The minimum absolute atomic E-state index is 0.0589. The molecule has 1 unspecified atom stereocenters. The van der Waals surface area contributed by atoms with Gasteiger partial charge in [0.1, 0.15) is 5.82 Å². The first-order chi connectivity index (χ1) is 8.13. The monoisotopic (exact) mass is 235 g/mol. The highest BCUT2D eigenvalue weighted by Gasteiger charge is 2.29. The van der Waals surface area contributed by atoms with E-state index >= 15 is 0 Å². The van der Waals surface area contributed by atoms with Gasteiger partial charge in [0, 0.05) is 12.5 Å². The minimum Gasteiger partial charge on any atom is -0.309 e. The van der Waals surface area contributed by atoms with Crippen LogP contribution in [0.1, 0.15) is 31.7 Å². The lowest BCUT2D eigenvalue weighted by Gasteiger charge is -2.32. The highest BCUT2D eigenvalue weighted by Crippen LogP contribution is 2.28. The number of benzene rings is 1. The van der Waals surface area contributed by atoms with E-state index < -0.39 is 0 Å². The number of rotatable bonds is 2. The number of amides is 1. The average Bonchev–Trinajstić information content (AvgIpc) is 2.33. The van der Waals surface area contributed by atoms with Crippen LogP contribution in [0.15, 0.2) is 18.2 Å². The lowest BCUT2D eigenvalue weighted by Crippen LogP contribution is -2.41. The summed E-state index contributed by atoms with van der Waals surface area (Å²) in [4.78, 5) is 13.8. The van der Waals surface area contributed by atoms with E-state index in [-0.39, 0.29) is 17.6 Å². The van der Waals surface area contributed by atoms with Gasteiger partial charge in [-0.05, 0) is 43.9 Å². The van der Waals surface area contributed by atoms with Crippen LogP contribution in [0, 0.1) is 18.7 Å². The molecular formula is C14H18FNO. The number of carbonyl (C=O) groups excluding carboxylic acids is 1. The van der Waals surface area contributed by atoms with Crippen LogP contribution in [0.5, 0.6) is 0 Å². The van der Waals surface area contributed by atoms with Crippen molar-refractivity contribution in [3.8, 4) is 0 Å². The number of carbonyl (C=O) groups is 1. The van der Waals surface area contributed by atoms with Crippen molar-refractivity contribution in [2.24, 2.45) is 5.92 Å². The van der Waals surface area contributed by atoms with Crippen LogP contribution in [0.25, 0.3) is 0 Å². The van der Waals surface area contributed by atoms with Gasteiger partial charge in [-0.3, -0.25) is 4.79 Å². The quantitative estimate of drug-likeness (QED) is 0.770. The van der Waals surface area contributed by atoms with Crippen LogP contribution in [0.2, 0.25) is 0 Å². The molecule has 0 spiro atoms. The van der Waals surface area contributed by atoms with Crippen molar-refractivity contribution >= 4 is 11.6 Å². The fourth-order valence-electron chi connectivity index (χ4n) is 2.40. The molecule has 0 aliphatic carbocycles. The molecule has 1 aliphatic rings. The summed E-state index contributed by atoms with van der Waals surface area (Å²) in [5.74, 6) is -0.174. The molecular weight excluding hydrogens is 217 g/mol. The summed E-state index contributed by atoms with van der Waals surface area (Å²) in [7, 11) is 0. The van der Waals surface area contributed by atoms with Crippen molar-refractivity contribution in [3.63, 3.8) is 0 Å². The van der Waals surface area contributed by atoms with Crippen LogP contribution in [-0.4, -0.2) is 12.5 Å². The van der Waals surface area contributed by atoms with Crippen molar-refractivity contribution in [1.82, 2.24) is 0 Å². The molecule has 3 heteroatoms. The summed E-state index contributed by atoms with van der Waals surface area (Å²) in [5.41, 5.74) is 1.42. The molecule has 1 heterocycles. The molecule has 1 aromatic carbocycles. The van der Waals surface area contributed by atoms with Crippen molar-refractivity contribution in [1.29, 1.82) is 0 Å². The zero-order chi connectivity index (χ0) is 12.4. The van der Waals surface area contributed by atoms with Gasteiger partial charge in [0.25, 0.3) is 0 Å². The molecule has 0 bridgehead atoms. The van der Waals surface area contributed by atoms with E-state index in [2.05, 4.69) is 0 Å². The van der Waals surface area contributed by atoms with Crippen molar-refractivity contribution in [3.05, 3.63) is 29.6 Å². The number of piperidine rings is 1. The lowest BCUT2D eigenvalue weighted by molar-refractivity contribution is -0.123. The molecule has 17 heavy (non-hydrogen) atoms. The summed E-state index contributed by atoms with van der Waals surface area (Å²) in [6.45, 7) is 4.56. The zero-order valence-electron chi connectivity index (χ0n) is 10.4. The summed E-state index contributed by atoms with van der Waals surface area (Å²) in [6, 6.07) is 4.92. The molecule has 1 saturated heterocycles. The Bertz CT molecular complexity index is 430. The fraction of sp³-hybridized carbons (Fsp3) is 0.500. The van der Waals surface area contributed by atoms with Crippen molar-refractivity contribution in [2.45, 2.75) is 33.1 Å². The second-order valence-corrected chi connectivity index (χ2v) is 4.69. The maximum absolute atomic E-state index is 13.8. The molecule has 0 aromatic heterocycles. The fourth-order valence-corrected chi connectivity index (χ4v) is 2.40. The number of anilines is 1. The van der Waals surface area contributed by atoms with Gasteiger partial charge in [-0.25, -0.2) is 4.39 Å². The molecule has 1 atom stereocenters. The predicted octanol–water partition coefficient (Wildman–Crippen LogP) is 3.29. The van der Waals surface area contributed by atoms with Gasteiger partial charge in [0.05, 0.1) is 5.69 Å². The first-order valence-corrected chi connectivity index (χ1v) is 6.21. The van der Waals surface area contributed by atoms with Gasteiger partial charge in [-0.1, -0.05) is 13.0 Å². The van der Waals surface area contributed by atoms with E-state index in [0.717, 1.165) is 24.8 Å². The van der Waals surface area contributed by atoms with E-state index in [0.29, 0.717) is 12.2 Å². The van der Waals surface area contributed by atoms with Gasteiger partial charge < -0.3 is 4.90 Å².